The third-order valence-corrected chi connectivity index (χ3v) is 5.29. The minimum Gasteiger partial charge on any atom is -0.375 e. The fourth-order valence-corrected chi connectivity index (χ4v) is 3.53. The number of benzene rings is 1. The van der Waals surface area contributed by atoms with Gasteiger partial charge in [-0.2, -0.15) is 5.26 Å². The number of carbonyl (C=O) groups is 1. The molecule has 0 N–H and O–H groups in total. The molecule has 0 amide bonds. The zero-order valence-corrected chi connectivity index (χ0v) is 16.8. The molecule has 1 aromatic carbocycles. The van der Waals surface area contributed by atoms with Gasteiger partial charge in [-0.1, -0.05) is 19.8 Å². The smallest absolute Gasteiger partial charge is 0.133 e. The summed E-state index contributed by atoms with van der Waals surface area (Å²) in [5, 5.41) is 8.69. The quantitative estimate of drug-likeness (QED) is 0.663. The molecule has 144 valence electrons. The molecule has 1 atom stereocenters. The van der Waals surface area contributed by atoms with E-state index in [1.807, 2.05) is 32.2 Å². The number of hydrogen-bond donors (Lipinski definition) is 0. The van der Waals surface area contributed by atoms with E-state index in [1.54, 1.807) is 0 Å². The average molecular weight is 361 g/mol. The van der Waals surface area contributed by atoms with Crippen LogP contribution in [0, 0.1) is 23.7 Å². The van der Waals surface area contributed by atoms with E-state index in [9.17, 15) is 9.18 Å². The van der Waals surface area contributed by atoms with Crippen LogP contribution in [0.3, 0.4) is 0 Å². The number of carbonyl (C=O) groups excluding carboxylic acids is 1. The number of unbranched alkanes of at least 4 members (excludes halogenated alkanes) is 1. The summed E-state index contributed by atoms with van der Waals surface area (Å²) in [5.74, 6) is 0.264. The van der Waals surface area contributed by atoms with Gasteiger partial charge in [0.25, 0.3) is 0 Å². The number of hydrogen-bond acceptors (Lipinski definition) is 3. The van der Waals surface area contributed by atoms with Gasteiger partial charge in [0.05, 0.1) is 18.3 Å². The minimum atomic E-state index is -0.307. The van der Waals surface area contributed by atoms with E-state index < -0.39 is 0 Å². The molecule has 1 fully saturated rings. The zero-order chi connectivity index (χ0) is 19.6. The first-order valence-electron chi connectivity index (χ1n) is 9.71. The predicted molar refractivity (Wildman–Crippen MR) is 106 cm³/mol. The number of rotatable bonds is 6. The largest absolute Gasteiger partial charge is 0.375 e. The van der Waals surface area contributed by atoms with Crippen molar-refractivity contribution in [2.45, 2.75) is 65.7 Å². The first-order valence-corrected chi connectivity index (χ1v) is 9.71. The third kappa shape index (κ3) is 6.44. The molecular formula is C22H33FN2O. The Kier molecular flexibility index (Phi) is 9.34. The summed E-state index contributed by atoms with van der Waals surface area (Å²) in [4.78, 5) is 13.4. The van der Waals surface area contributed by atoms with E-state index in [2.05, 4.69) is 24.8 Å². The van der Waals surface area contributed by atoms with Crippen molar-refractivity contribution in [3.8, 4) is 6.07 Å². The number of anilines is 1. The van der Waals surface area contributed by atoms with Crippen LogP contribution in [0.4, 0.5) is 10.1 Å². The summed E-state index contributed by atoms with van der Waals surface area (Å²) in [6, 6.07) is 7.90. The van der Waals surface area contributed by atoms with E-state index in [4.69, 9.17) is 5.26 Å². The van der Waals surface area contributed by atoms with Crippen molar-refractivity contribution in [3.63, 3.8) is 0 Å². The Hall–Kier alpha value is -1.89. The summed E-state index contributed by atoms with van der Waals surface area (Å²) in [5.41, 5.74) is 2.81. The fraction of sp³-hybridized carbons (Fsp3) is 0.636. The Labute approximate surface area is 158 Å². The van der Waals surface area contributed by atoms with Crippen LogP contribution in [0.15, 0.2) is 18.2 Å². The van der Waals surface area contributed by atoms with Crippen LogP contribution in [0.1, 0.15) is 69.9 Å². The second kappa shape index (κ2) is 11.0. The van der Waals surface area contributed by atoms with Crippen LogP contribution >= 0.6 is 0 Å². The van der Waals surface area contributed by atoms with Crippen LogP contribution in [0.2, 0.25) is 0 Å². The molecule has 0 aromatic heterocycles. The first-order chi connectivity index (χ1) is 12.4. The highest BCUT2D eigenvalue weighted by atomic mass is 19.1. The highest BCUT2D eigenvalue weighted by Gasteiger charge is 2.34. The van der Waals surface area contributed by atoms with E-state index in [0.717, 1.165) is 49.8 Å². The van der Waals surface area contributed by atoms with Gasteiger partial charge in [0.2, 0.25) is 0 Å². The number of halogens is 1. The Morgan fingerprint density at radius 3 is 2.58 bits per heavy atom. The molecule has 3 nitrogen and oxygen atoms in total. The van der Waals surface area contributed by atoms with Crippen LogP contribution in [-0.2, 0) is 4.79 Å². The van der Waals surface area contributed by atoms with Crippen LogP contribution in [0.5, 0.6) is 0 Å². The molecule has 1 saturated carbocycles. The highest BCUT2D eigenvalue weighted by molar-refractivity contribution is 5.79. The highest BCUT2D eigenvalue weighted by Crippen LogP contribution is 2.39. The molecule has 1 aromatic rings. The van der Waals surface area contributed by atoms with Crippen molar-refractivity contribution >= 4 is 11.5 Å². The van der Waals surface area contributed by atoms with Crippen molar-refractivity contribution in [3.05, 3.63) is 29.3 Å². The summed E-state index contributed by atoms with van der Waals surface area (Å²) in [6.45, 7) is 6.92. The van der Waals surface area contributed by atoms with E-state index in [-0.39, 0.29) is 17.9 Å². The predicted octanol–water partition coefficient (Wildman–Crippen LogP) is 5.60. The molecule has 26 heavy (non-hydrogen) atoms. The number of Topliss-reactive ketones (excluding diaryl/α,β-unsaturated/α-hetero) is 1. The topological polar surface area (TPSA) is 44.1 Å². The molecular weight excluding hydrogens is 327 g/mol. The van der Waals surface area contributed by atoms with Crippen molar-refractivity contribution in [1.29, 1.82) is 5.26 Å². The lowest BCUT2D eigenvalue weighted by Gasteiger charge is -2.33. The Morgan fingerprint density at radius 2 is 2.08 bits per heavy atom. The van der Waals surface area contributed by atoms with Gasteiger partial charge in [-0.15, -0.1) is 0 Å². The number of nitriles is 1. The second-order valence-corrected chi connectivity index (χ2v) is 7.43. The van der Waals surface area contributed by atoms with Crippen LogP contribution in [-0.4, -0.2) is 26.1 Å². The SMILES string of the molecule is CCCCC1(CF)CCCC(=O)C1.CCN(C)c1ccc(C#N)cc1C. The van der Waals surface area contributed by atoms with Crippen molar-refractivity contribution in [2.24, 2.45) is 5.41 Å². The van der Waals surface area contributed by atoms with E-state index >= 15 is 0 Å². The molecule has 2 rings (SSSR count). The maximum absolute atomic E-state index is 12.9. The van der Waals surface area contributed by atoms with Gasteiger partial charge in [0.15, 0.2) is 0 Å². The standard InChI is InChI=1S/C11H19FO.C11H14N2/c1-2-3-6-11(9-12)7-4-5-10(13)8-11;1-4-13(3)11-6-5-10(8-12)7-9(11)2/h2-9H2,1H3;5-7H,4H2,1-3H3. The first kappa shape index (κ1) is 22.2. The van der Waals surface area contributed by atoms with Gasteiger partial charge < -0.3 is 4.90 Å². The lowest BCUT2D eigenvalue weighted by Crippen LogP contribution is -2.30. The van der Waals surface area contributed by atoms with E-state index in [1.165, 1.54) is 5.69 Å². The Balaban J connectivity index is 0.000000260. The number of nitrogens with zero attached hydrogens (tertiary/aromatic N) is 2. The van der Waals surface area contributed by atoms with E-state index in [0.29, 0.717) is 12.8 Å². The lowest BCUT2D eigenvalue weighted by atomic mass is 9.71. The molecule has 1 aliphatic rings. The average Bonchev–Trinajstić information content (AvgIpc) is 2.66. The van der Waals surface area contributed by atoms with Crippen LogP contribution in [0.25, 0.3) is 0 Å². The van der Waals surface area contributed by atoms with Gasteiger partial charge in [-0.25, -0.2) is 0 Å². The molecule has 4 heteroatoms. The summed E-state index contributed by atoms with van der Waals surface area (Å²) in [6.07, 6.45) is 6.01. The molecule has 0 spiro atoms. The summed E-state index contributed by atoms with van der Waals surface area (Å²) >= 11 is 0. The Morgan fingerprint density at radius 1 is 1.35 bits per heavy atom. The molecule has 1 unspecified atom stereocenters. The third-order valence-electron chi connectivity index (χ3n) is 5.29. The van der Waals surface area contributed by atoms with Gasteiger partial charge in [0, 0.05) is 37.5 Å². The number of aryl methyl sites for hydroxylation is 1. The number of ketones is 1. The molecule has 0 bridgehead atoms. The number of alkyl halides is 1. The second-order valence-electron chi connectivity index (χ2n) is 7.43. The summed E-state index contributed by atoms with van der Waals surface area (Å²) < 4.78 is 12.9. The summed E-state index contributed by atoms with van der Waals surface area (Å²) in [7, 11) is 2.05. The molecule has 1 aliphatic carbocycles. The monoisotopic (exact) mass is 360 g/mol. The van der Waals surface area contributed by atoms with Gasteiger partial charge >= 0.3 is 0 Å². The maximum Gasteiger partial charge on any atom is 0.133 e. The normalized spacial score (nSPS) is 19.3. The van der Waals surface area contributed by atoms with Gasteiger partial charge in [-0.3, -0.25) is 9.18 Å². The molecule has 0 saturated heterocycles. The maximum atomic E-state index is 12.9. The minimum absolute atomic E-state index is 0.264. The van der Waals surface area contributed by atoms with Crippen molar-refractivity contribution in [1.82, 2.24) is 0 Å². The lowest BCUT2D eigenvalue weighted by molar-refractivity contribution is -0.124. The Bertz CT molecular complexity index is 623. The molecule has 0 aliphatic heterocycles. The van der Waals surface area contributed by atoms with Crippen molar-refractivity contribution in [2.75, 3.05) is 25.2 Å². The zero-order valence-electron chi connectivity index (χ0n) is 16.8. The molecule has 0 heterocycles. The van der Waals surface area contributed by atoms with Crippen molar-refractivity contribution < 1.29 is 9.18 Å². The van der Waals surface area contributed by atoms with Gasteiger partial charge in [-0.05, 0) is 56.9 Å². The van der Waals surface area contributed by atoms with Gasteiger partial charge in [0.1, 0.15) is 5.78 Å². The fourth-order valence-electron chi connectivity index (χ4n) is 3.53. The van der Waals surface area contributed by atoms with Crippen LogP contribution < -0.4 is 4.90 Å². The molecule has 0 radical (unpaired) electrons.